The summed E-state index contributed by atoms with van der Waals surface area (Å²) in [5.74, 6) is 2.63. The third kappa shape index (κ3) is 7.22. The SMILES string of the molecule is CCOc1ccc(NC(=NC)NCCC(OCC)C(C)C)cc1OC. The zero-order valence-corrected chi connectivity index (χ0v) is 16.4. The molecule has 6 heteroatoms. The van der Waals surface area contributed by atoms with Gasteiger partial charge in [0, 0.05) is 32.0 Å². The first-order valence-electron chi connectivity index (χ1n) is 8.95. The van der Waals surface area contributed by atoms with Gasteiger partial charge in [0.2, 0.25) is 0 Å². The molecule has 1 aromatic rings. The molecule has 1 unspecified atom stereocenters. The standard InChI is InChI=1S/C19H33N3O3/c1-7-24-16(14(3)4)11-12-21-19(20-5)22-15-9-10-17(25-8-2)18(13-15)23-6/h9-10,13-14,16H,7-8,11-12H2,1-6H3,(H2,20,21,22). The van der Waals surface area contributed by atoms with Gasteiger partial charge in [0.05, 0.1) is 19.8 Å². The number of nitrogens with one attached hydrogen (secondary N) is 2. The van der Waals surface area contributed by atoms with Gasteiger partial charge in [-0.1, -0.05) is 13.8 Å². The maximum Gasteiger partial charge on any atom is 0.195 e. The lowest BCUT2D eigenvalue weighted by Gasteiger charge is -2.21. The highest BCUT2D eigenvalue weighted by molar-refractivity contribution is 5.93. The quantitative estimate of drug-likeness (QED) is 0.499. The van der Waals surface area contributed by atoms with Crippen LogP contribution in [0.5, 0.6) is 11.5 Å². The fourth-order valence-electron chi connectivity index (χ4n) is 2.49. The zero-order chi connectivity index (χ0) is 18.7. The summed E-state index contributed by atoms with van der Waals surface area (Å²) < 4.78 is 16.7. The average molecular weight is 351 g/mol. The van der Waals surface area contributed by atoms with E-state index in [-0.39, 0.29) is 6.10 Å². The molecular weight excluding hydrogens is 318 g/mol. The van der Waals surface area contributed by atoms with Crippen molar-refractivity contribution in [2.45, 2.75) is 40.2 Å². The molecule has 0 spiro atoms. The molecule has 0 aliphatic carbocycles. The molecule has 0 bridgehead atoms. The molecule has 0 aromatic heterocycles. The van der Waals surface area contributed by atoms with E-state index in [1.54, 1.807) is 14.2 Å². The number of nitrogens with zero attached hydrogens (tertiary/aromatic N) is 1. The maximum absolute atomic E-state index is 5.77. The van der Waals surface area contributed by atoms with Crippen molar-refractivity contribution in [1.29, 1.82) is 0 Å². The Morgan fingerprint density at radius 1 is 1.16 bits per heavy atom. The second-order valence-electron chi connectivity index (χ2n) is 5.95. The Morgan fingerprint density at radius 3 is 2.48 bits per heavy atom. The van der Waals surface area contributed by atoms with E-state index in [4.69, 9.17) is 14.2 Å². The molecule has 0 aliphatic rings. The van der Waals surface area contributed by atoms with Crippen LogP contribution in [-0.4, -0.2) is 46.0 Å². The number of hydrogen-bond donors (Lipinski definition) is 2. The van der Waals surface area contributed by atoms with Crippen LogP contribution in [-0.2, 0) is 4.74 Å². The van der Waals surface area contributed by atoms with Crippen LogP contribution in [0.15, 0.2) is 23.2 Å². The van der Waals surface area contributed by atoms with Crippen molar-refractivity contribution in [3.63, 3.8) is 0 Å². The summed E-state index contributed by atoms with van der Waals surface area (Å²) in [6.45, 7) is 10.5. The van der Waals surface area contributed by atoms with E-state index in [2.05, 4.69) is 29.5 Å². The first kappa shape index (κ1) is 21.1. The third-order valence-corrected chi connectivity index (χ3v) is 3.80. The Balaban J connectivity index is 2.61. The van der Waals surface area contributed by atoms with E-state index >= 15 is 0 Å². The Hall–Kier alpha value is -1.95. The molecule has 25 heavy (non-hydrogen) atoms. The van der Waals surface area contributed by atoms with Crippen molar-refractivity contribution < 1.29 is 14.2 Å². The molecule has 1 atom stereocenters. The normalized spacial score (nSPS) is 12.8. The molecule has 0 heterocycles. The number of methoxy groups -OCH3 is 1. The fraction of sp³-hybridized carbons (Fsp3) is 0.632. The van der Waals surface area contributed by atoms with Gasteiger partial charge in [0.15, 0.2) is 17.5 Å². The van der Waals surface area contributed by atoms with Crippen molar-refractivity contribution in [1.82, 2.24) is 5.32 Å². The number of hydrogen-bond acceptors (Lipinski definition) is 4. The van der Waals surface area contributed by atoms with Crippen LogP contribution in [0.4, 0.5) is 5.69 Å². The van der Waals surface area contributed by atoms with Crippen molar-refractivity contribution >= 4 is 11.6 Å². The molecule has 0 aliphatic heterocycles. The summed E-state index contributed by atoms with van der Waals surface area (Å²) >= 11 is 0. The number of benzene rings is 1. The second kappa shape index (κ2) is 11.6. The lowest BCUT2D eigenvalue weighted by atomic mass is 10.0. The van der Waals surface area contributed by atoms with Gasteiger partial charge in [0.1, 0.15) is 0 Å². The fourth-order valence-corrected chi connectivity index (χ4v) is 2.49. The molecule has 2 N–H and O–H groups in total. The summed E-state index contributed by atoms with van der Waals surface area (Å²) in [7, 11) is 3.39. The molecule has 142 valence electrons. The van der Waals surface area contributed by atoms with E-state index in [1.165, 1.54) is 0 Å². The number of anilines is 1. The van der Waals surface area contributed by atoms with Gasteiger partial charge in [-0.3, -0.25) is 4.99 Å². The van der Waals surface area contributed by atoms with Crippen LogP contribution in [0, 0.1) is 5.92 Å². The minimum Gasteiger partial charge on any atom is -0.493 e. The zero-order valence-electron chi connectivity index (χ0n) is 16.4. The highest BCUT2D eigenvalue weighted by Crippen LogP contribution is 2.30. The van der Waals surface area contributed by atoms with Crippen molar-refractivity contribution in [3.8, 4) is 11.5 Å². The van der Waals surface area contributed by atoms with Crippen LogP contribution < -0.4 is 20.1 Å². The first-order chi connectivity index (χ1) is 12.0. The predicted octanol–water partition coefficient (Wildman–Crippen LogP) is 3.53. The highest BCUT2D eigenvalue weighted by Gasteiger charge is 2.13. The summed E-state index contributed by atoms with van der Waals surface area (Å²) in [6, 6.07) is 5.73. The van der Waals surface area contributed by atoms with Crippen molar-refractivity contribution in [2.24, 2.45) is 10.9 Å². The second-order valence-corrected chi connectivity index (χ2v) is 5.95. The van der Waals surface area contributed by atoms with E-state index < -0.39 is 0 Å². The van der Waals surface area contributed by atoms with Crippen molar-refractivity contribution in [2.75, 3.05) is 39.2 Å². The molecular formula is C19H33N3O3. The minimum absolute atomic E-state index is 0.251. The number of aliphatic imine (C=N–C) groups is 1. The van der Waals surface area contributed by atoms with Gasteiger partial charge in [-0.05, 0) is 38.3 Å². The largest absolute Gasteiger partial charge is 0.493 e. The topological polar surface area (TPSA) is 64.1 Å². The van der Waals surface area contributed by atoms with E-state index in [0.29, 0.717) is 24.2 Å². The molecule has 0 radical (unpaired) electrons. The molecule has 0 saturated carbocycles. The molecule has 6 nitrogen and oxygen atoms in total. The predicted molar refractivity (Wildman–Crippen MR) is 104 cm³/mol. The van der Waals surface area contributed by atoms with Gasteiger partial charge >= 0.3 is 0 Å². The average Bonchev–Trinajstić information content (AvgIpc) is 2.61. The number of rotatable bonds is 10. The van der Waals surface area contributed by atoms with Crippen LogP contribution in [0.3, 0.4) is 0 Å². The monoisotopic (exact) mass is 351 g/mol. The lowest BCUT2D eigenvalue weighted by Crippen LogP contribution is -2.34. The van der Waals surface area contributed by atoms with Crippen molar-refractivity contribution in [3.05, 3.63) is 18.2 Å². The molecule has 0 saturated heterocycles. The van der Waals surface area contributed by atoms with E-state index in [9.17, 15) is 0 Å². The minimum atomic E-state index is 0.251. The molecule has 0 amide bonds. The van der Waals surface area contributed by atoms with Gasteiger partial charge in [-0.15, -0.1) is 0 Å². The Bertz CT molecular complexity index is 533. The van der Waals surface area contributed by atoms with Crippen LogP contribution in [0.1, 0.15) is 34.1 Å². The lowest BCUT2D eigenvalue weighted by molar-refractivity contribution is 0.0258. The highest BCUT2D eigenvalue weighted by atomic mass is 16.5. The Morgan fingerprint density at radius 2 is 1.92 bits per heavy atom. The molecule has 0 fully saturated rings. The van der Waals surface area contributed by atoms with Gasteiger partial charge in [0.25, 0.3) is 0 Å². The van der Waals surface area contributed by atoms with Gasteiger partial charge in [-0.25, -0.2) is 0 Å². The molecule has 1 aromatic carbocycles. The van der Waals surface area contributed by atoms with Gasteiger partial charge in [-0.2, -0.15) is 0 Å². The first-order valence-corrected chi connectivity index (χ1v) is 8.95. The smallest absolute Gasteiger partial charge is 0.195 e. The maximum atomic E-state index is 5.77. The van der Waals surface area contributed by atoms with Crippen LogP contribution >= 0.6 is 0 Å². The Labute approximate surface area is 152 Å². The van der Waals surface area contributed by atoms with Crippen LogP contribution in [0.25, 0.3) is 0 Å². The van der Waals surface area contributed by atoms with E-state index in [0.717, 1.165) is 31.0 Å². The van der Waals surface area contributed by atoms with Gasteiger partial charge < -0.3 is 24.8 Å². The summed E-state index contributed by atoms with van der Waals surface area (Å²) in [6.07, 6.45) is 1.18. The summed E-state index contributed by atoms with van der Waals surface area (Å²) in [5, 5.41) is 6.60. The molecule has 1 rings (SSSR count). The van der Waals surface area contributed by atoms with Crippen LogP contribution in [0.2, 0.25) is 0 Å². The number of ether oxygens (including phenoxy) is 3. The third-order valence-electron chi connectivity index (χ3n) is 3.80. The number of guanidine groups is 1. The van der Waals surface area contributed by atoms with E-state index in [1.807, 2.05) is 32.0 Å². The summed E-state index contributed by atoms with van der Waals surface area (Å²) in [4.78, 5) is 4.27. The summed E-state index contributed by atoms with van der Waals surface area (Å²) in [5.41, 5.74) is 0.888. The Kier molecular flexibility index (Phi) is 9.77.